The first-order valence-corrected chi connectivity index (χ1v) is 52.6. The van der Waals surface area contributed by atoms with Crippen molar-refractivity contribution in [1.29, 1.82) is 0 Å². The summed E-state index contributed by atoms with van der Waals surface area (Å²) in [6.07, 6.45) is 115. The molecule has 0 aliphatic carbocycles. The van der Waals surface area contributed by atoms with Gasteiger partial charge in [0.2, 0.25) is 11.4 Å². The molecule has 1 aliphatic heterocycles. The van der Waals surface area contributed by atoms with E-state index in [2.05, 4.69) is 107 Å². The molecule has 0 fully saturated rings. The molecule has 0 atom stereocenters. The maximum Gasteiger partial charge on any atom is 2.00 e. The Morgan fingerprint density at radius 2 is 0.351 bits per heavy atom. The molecule has 668 valence electrons. The Labute approximate surface area is 732 Å². The fourth-order valence-corrected chi connectivity index (χ4v) is 18.3. The van der Waals surface area contributed by atoms with Crippen LogP contribution in [-0.2, 0) is 58.9 Å². The van der Waals surface area contributed by atoms with Gasteiger partial charge in [0.15, 0.2) is 0 Å². The number of unbranched alkanes of at least 4 members (excludes halogenated alkanes) is 69. The quantitative estimate of drug-likeness (QED) is 0.0273. The van der Waals surface area contributed by atoms with Gasteiger partial charge in [0.05, 0.1) is 0 Å². The molecule has 2 nitrogen and oxygen atoms in total. The first-order chi connectivity index (χ1) is 55.8. The zero-order chi connectivity index (χ0) is 82.0. The summed E-state index contributed by atoms with van der Waals surface area (Å²) in [5.74, 6) is 0. The van der Waals surface area contributed by atoms with Gasteiger partial charge >= 0.3 is 20.4 Å². The summed E-state index contributed by atoms with van der Waals surface area (Å²) in [6, 6.07) is 9.84. The van der Waals surface area contributed by atoms with E-state index in [1.807, 2.05) is 0 Å². The molecule has 0 bridgehead atoms. The van der Waals surface area contributed by atoms with Gasteiger partial charge < -0.3 is 19.4 Å². The molecule has 114 heavy (non-hydrogen) atoms. The van der Waals surface area contributed by atoms with E-state index in [4.69, 9.17) is 0 Å². The van der Waals surface area contributed by atoms with Gasteiger partial charge in [-0.2, -0.15) is 12.8 Å². The van der Waals surface area contributed by atoms with Gasteiger partial charge in [0, 0.05) is 22.3 Å². The van der Waals surface area contributed by atoms with Crippen LogP contribution in [0.4, 0.5) is 0 Å². The van der Waals surface area contributed by atoms with Crippen LogP contribution < -0.4 is 0 Å². The van der Waals surface area contributed by atoms with Crippen molar-refractivity contribution < 1.29 is 25.1 Å². The van der Waals surface area contributed by atoms with Crippen molar-refractivity contribution in [2.75, 3.05) is 0 Å². The van der Waals surface area contributed by atoms with E-state index in [-0.39, 0.29) is 20.4 Å². The Hall–Kier alpha value is -1.82. The van der Waals surface area contributed by atoms with E-state index >= 15 is 0 Å². The maximum atomic E-state index is 12.6. The summed E-state index contributed by atoms with van der Waals surface area (Å²) >= 11 is 0. The van der Waals surface area contributed by atoms with E-state index in [0.29, 0.717) is 0 Å². The predicted molar refractivity (Wildman–Crippen MR) is 516 cm³/mol. The third kappa shape index (κ3) is 60.6. The van der Waals surface area contributed by atoms with Crippen molar-refractivity contribution in [3.8, 4) is 0 Å². The number of benzene rings is 2. The molecule has 0 saturated carbocycles. The fourth-order valence-electron chi connectivity index (χ4n) is 18.3. The number of hydrogen-bond acceptors (Lipinski definition) is 0. The Balaban J connectivity index is 0.00000180. The average molecular weight is 1670 g/mol. The Bertz CT molecular complexity index is 2260. The van der Waals surface area contributed by atoms with Crippen molar-refractivity contribution in [1.82, 2.24) is 0 Å². The molecule has 0 spiro atoms. The molecule has 0 saturated heterocycles. The molecule has 0 aromatic heterocycles. The molecule has 1 heterocycles. The van der Waals surface area contributed by atoms with E-state index in [1.165, 1.54) is 513 Å². The molecule has 0 N–H and O–H groups in total. The second-order valence-electron chi connectivity index (χ2n) is 36.3. The maximum absolute atomic E-state index is 12.6. The third-order valence-corrected chi connectivity index (χ3v) is 25.9. The predicted octanol–water partition coefficient (Wildman–Crippen LogP) is 40.0. The van der Waals surface area contributed by atoms with Crippen molar-refractivity contribution in [2.24, 2.45) is 0 Å². The van der Waals surface area contributed by atoms with Crippen LogP contribution in [0.25, 0.3) is 16.9 Å². The van der Waals surface area contributed by atoms with Crippen LogP contribution >= 0.6 is 0 Å². The van der Waals surface area contributed by atoms with Crippen molar-refractivity contribution in [3.05, 3.63) is 99.3 Å². The fraction of sp³-hybridized carbons (Fsp3) is 0.838. The van der Waals surface area contributed by atoms with Crippen molar-refractivity contribution >= 4 is 11.4 Å². The van der Waals surface area contributed by atoms with Crippen LogP contribution in [0.2, 0.25) is 0 Å². The van der Waals surface area contributed by atoms with E-state index < -0.39 is 0 Å². The minimum Gasteiger partial charge on any atom is -0.493 e. The Morgan fingerprint density at radius 1 is 0.202 bits per heavy atom. The molecular weight excluding hydrogens is 1470 g/mol. The number of nitrogens with zero attached hydrogens (tertiary/aromatic N) is 2. The Morgan fingerprint density at radius 3 is 0.526 bits per heavy atom. The average Bonchev–Trinajstić information content (AvgIpc) is 1.59. The largest absolute Gasteiger partial charge is 2.00 e. The van der Waals surface area contributed by atoms with Crippen LogP contribution in [0.5, 0.6) is 0 Å². The first-order valence-electron chi connectivity index (χ1n) is 52.6. The van der Waals surface area contributed by atoms with Crippen LogP contribution in [0.3, 0.4) is 0 Å². The van der Waals surface area contributed by atoms with E-state index in [1.54, 1.807) is 15.8 Å². The zero-order valence-electron chi connectivity index (χ0n) is 79.6. The topological polar surface area (TPSA) is 25.3 Å². The standard InChI is InChI=1S/C51H82N2.2C30H61.Pd/c1-9-17-21-22-23-24-25-26-27-28-31-35-49-48(32-20-12-4)50(44-36-40(13-5)46(33-29-18-10-2)41(14-6)37-44)53(52)51(49)45-38-42(15-7)47(34-30-19-11-3)43(16-8)39-45;2*1-3-5-7-9-11-13-15-17-19-21-23-25-27-29-30-28-26-24-22-20-18-16-14-12-10-8-6-4-2;/h36-39H,9-35H2,1-8H3;2*1,3-30H2,2H3;/q;2*-1;+2. The molecule has 0 radical (unpaired) electrons. The van der Waals surface area contributed by atoms with Gasteiger partial charge in [-0.05, 0) is 135 Å². The van der Waals surface area contributed by atoms with Gasteiger partial charge in [-0.1, -0.05) is 512 Å². The number of hydrogen-bond donors (Lipinski definition) is 0. The molecule has 2 aromatic carbocycles. The third-order valence-electron chi connectivity index (χ3n) is 25.9. The van der Waals surface area contributed by atoms with Crippen LogP contribution in [0.15, 0.2) is 35.4 Å². The number of aryl methyl sites for hydroxylation is 4. The second kappa shape index (κ2) is 87.5. The smallest absolute Gasteiger partial charge is 0.493 e. The summed E-state index contributed by atoms with van der Waals surface area (Å²) in [5, 5.41) is 0. The molecule has 3 heteroatoms. The minimum absolute atomic E-state index is 0. The summed E-state index contributed by atoms with van der Waals surface area (Å²) in [5.41, 5.74) is 29.1. The van der Waals surface area contributed by atoms with Crippen molar-refractivity contribution in [3.63, 3.8) is 0 Å². The van der Waals surface area contributed by atoms with Gasteiger partial charge in [0.1, 0.15) is 0 Å². The molecule has 2 aromatic rings. The summed E-state index contributed by atoms with van der Waals surface area (Å²) in [6.45, 7) is 31.0. The SMILES string of the molecule is CCCCCCCCCCCCCC1=C(c2cc(CC)c(CCCCC)c(CC)c2)[N+](=[N-])C(c2cc(CC)c(CCCCC)c(CC)c2)=C1CCCC.[CH2-]CCCCCCCCCCCCCCCCCCCCCCCCCCCCC.[CH2-]CCCCCCCCCCCCCCCCCCCCCCCCCCCCC.[Pd+2]. The monoisotopic (exact) mass is 1670 g/mol. The molecular formula is C111H204N2Pd. The second-order valence-corrected chi connectivity index (χ2v) is 36.3. The number of rotatable bonds is 83. The summed E-state index contributed by atoms with van der Waals surface area (Å²) in [7, 11) is 0. The van der Waals surface area contributed by atoms with Gasteiger partial charge in [-0.15, -0.1) is 0 Å². The van der Waals surface area contributed by atoms with E-state index in [9.17, 15) is 5.53 Å². The van der Waals surface area contributed by atoms with Crippen LogP contribution in [-0.4, -0.2) is 4.70 Å². The zero-order valence-corrected chi connectivity index (χ0v) is 81.2. The summed E-state index contributed by atoms with van der Waals surface area (Å²) in [4.78, 5) is 0. The molecule has 3 rings (SSSR count). The van der Waals surface area contributed by atoms with Gasteiger partial charge in [-0.3, -0.25) is 0 Å². The van der Waals surface area contributed by atoms with E-state index in [0.717, 1.165) is 75.6 Å². The Kier molecular flexibility index (Phi) is 86.1. The summed E-state index contributed by atoms with van der Waals surface area (Å²) < 4.78 is 1.68. The number of allylic oxidation sites excluding steroid dienone is 2. The van der Waals surface area contributed by atoms with Gasteiger partial charge in [0.25, 0.3) is 0 Å². The van der Waals surface area contributed by atoms with Gasteiger partial charge in [-0.25, -0.2) is 4.70 Å². The molecule has 0 amide bonds. The molecule has 0 unspecified atom stereocenters. The van der Waals surface area contributed by atoms with Crippen LogP contribution in [0, 0.1) is 13.8 Å². The van der Waals surface area contributed by atoms with Crippen molar-refractivity contribution in [2.45, 2.75) is 602 Å². The first kappa shape index (κ1) is 112. The van der Waals surface area contributed by atoms with Crippen LogP contribution in [0.1, 0.15) is 608 Å². The molecule has 1 aliphatic rings. The normalized spacial score (nSPS) is 12.2. The minimum atomic E-state index is 0.